The summed E-state index contributed by atoms with van der Waals surface area (Å²) in [5.41, 5.74) is 11.0. The van der Waals surface area contributed by atoms with Crippen LogP contribution in [0, 0.1) is 0 Å². The van der Waals surface area contributed by atoms with Crippen molar-refractivity contribution < 1.29 is 9.59 Å². The first kappa shape index (κ1) is 16.5. The van der Waals surface area contributed by atoms with Crippen molar-refractivity contribution in [1.29, 1.82) is 0 Å². The highest BCUT2D eigenvalue weighted by Gasteiger charge is 2.30. The van der Waals surface area contributed by atoms with Crippen LogP contribution in [0.3, 0.4) is 0 Å². The Balaban J connectivity index is 2.87. The van der Waals surface area contributed by atoms with Crippen molar-refractivity contribution in [1.82, 2.24) is 0 Å². The van der Waals surface area contributed by atoms with E-state index in [1.807, 2.05) is 32.0 Å². The zero-order valence-electron chi connectivity index (χ0n) is 11.8. The molecule has 5 N–H and O–H groups in total. The van der Waals surface area contributed by atoms with E-state index in [2.05, 4.69) is 5.32 Å². The highest BCUT2D eigenvalue weighted by molar-refractivity contribution is 8.00. The number of carbonyl (C=O) groups is 2. The van der Waals surface area contributed by atoms with Gasteiger partial charge in [0.05, 0.1) is 17.0 Å². The van der Waals surface area contributed by atoms with Gasteiger partial charge in [0.15, 0.2) is 0 Å². The molecule has 6 heteroatoms. The summed E-state index contributed by atoms with van der Waals surface area (Å²) in [6.07, 6.45) is 1.12. The van der Waals surface area contributed by atoms with Crippen molar-refractivity contribution in [2.75, 3.05) is 11.1 Å². The Morgan fingerprint density at radius 3 is 2.40 bits per heavy atom. The quantitative estimate of drug-likeness (QED) is 0.667. The number of carbonyl (C=O) groups excluding carboxylic acids is 2. The fourth-order valence-corrected chi connectivity index (χ4v) is 2.41. The molecule has 0 saturated heterocycles. The Morgan fingerprint density at radius 1 is 1.25 bits per heavy atom. The normalized spacial score (nSPS) is 11.2. The van der Waals surface area contributed by atoms with Crippen molar-refractivity contribution in [2.45, 2.75) is 37.1 Å². The highest BCUT2D eigenvalue weighted by atomic mass is 32.2. The maximum Gasteiger partial charge on any atom is 0.244 e. The second-order valence-corrected chi connectivity index (χ2v) is 5.59. The van der Waals surface area contributed by atoms with E-state index in [1.54, 1.807) is 6.07 Å². The third-order valence-electron chi connectivity index (χ3n) is 3.22. The molecule has 0 radical (unpaired) electrons. The SMILES string of the molecule is CCC(N)(CC)C(=O)Nc1ccccc1SCC(N)=O. The molecule has 0 aromatic heterocycles. The molecule has 20 heavy (non-hydrogen) atoms. The van der Waals surface area contributed by atoms with Crippen molar-refractivity contribution >= 4 is 29.3 Å². The molecular weight excluding hydrogens is 274 g/mol. The third-order valence-corrected chi connectivity index (χ3v) is 4.32. The average molecular weight is 295 g/mol. The molecule has 1 aromatic carbocycles. The summed E-state index contributed by atoms with van der Waals surface area (Å²) in [4.78, 5) is 23.9. The summed E-state index contributed by atoms with van der Waals surface area (Å²) < 4.78 is 0. The van der Waals surface area contributed by atoms with Crippen LogP contribution in [0.15, 0.2) is 29.2 Å². The molecule has 0 heterocycles. The molecule has 2 amide bonds. The molecule has 0 bridgehead atoms. The van der Waals surface area contributed by atoms with Crippen LogP contribution < -0.4 is 16.8 Å². The smallest absolute Gasteiger partial charge is 0.244 e. The maximum atomic E-state index is 12.2. The summed E-state index contributed by atoms with van der Waals surface area (Å²) in [6, 6.07) is 7.28. The van der Waals surface area contributed by atoms with Gasteiger partial charge in [-0.3, -0.25) is 9.59 Å². The van der Waals surface area contributed by atoms with Crippen LogP contribution in [0.25, 0.3) is 0 Å². The lowest BCUT2D eigenvalue weighted by molar-refractivity contribution is -0.121. The van der Waals surface area contributed by atoms with Crippen LogP contribution in [0.1, 0.15) is 26.7 Å². The molecule has 0 atom stereocenters. The van der Waals surface area contributed by atoms with Gasteiger partial charge in [0.25, 0.3) is 0 Å². The lowest BCUT2D eigenvalue weighted by Gasteiger charge is -2.25. The highest BCUT2D eigenvalue weighted by Crippen LogP contribution is 2.27. The van der Waals surface area contributed by atoms with Gasteiger partial charge < -0.3 is 16.8 Å². The van der Waals surface area contributed by atoms with Crippen molar-refractivity contribution in [3.05, 3.63) is 24.3 Å². The zero-order chi connectivity index (χ0) is 15.2. The van der Waals surface area contributed by atoms with Crippen LogP contribution >= 0.6 is 11.8 Å². The van der Waals surface area contributed by atoms with Gasteiger partial charge in [-0.05, 0) is 25.0 Å². The summed E-state index contributed by atoms with van der Waals surface area (Å²) in [6.45, 7) is 3.77. The van der Waals surface area contributed by atoms with Gasteiger partial charge >= 0.3 is 0 Å². The van der Waals surface area contributed by atoms with Crippen LogP contribution in [-0.4, -0.2) is 23.1 Å². The Kier molecular flexibility index (Phi) is 6.04. The second kappa shape index (κ2) is 7.31. The molecule has 0 aliphatic heterocycles. The lowest BCUT2D eigenvalue weighted by atomic mass is 9.93. The van der Waals surface area contributed by atoms with Crippen LogP contribution in [0.2, 0.25) is 0 Å². The number of amides is 2. The molecule has 1 rings (SSSR count). The van der Waals surface area contributed by atoms with Crippen LogP contribution in [0.5, 0.6) is 0 Å². The number of hydrogen-bond acceptors (Lipinski definition) is 4. The molecule has 1 aromatic rings. The topological polar surface area (TPSA) is 98.2 Å². The van der Waals surface area contributed by atoms with E-state index >= 15 is 0 Å². The molecule has 0 unspecified atom stereocenters. The van der Waals surface area contributed by atoms with Gasteiger partial charge in [0.2, 0.25) is 11.8 Å². The van der Waals surface area contributed by atoms with Crippen LogP contribution in [-0.2, 0) is 9.59 Å². The number of benzene rings is 1. The summed E-state index contributed by atoms with van der Waals surface area (Å²) in [5, 5.41) is 2.84. The number of para-hydroxylation sites is 1. The molecule has 0 aliphatic carbocycles. The molecular formula is C14H21N3O2S. The largest absolute Gasteiger partial charge is 0.369 e. The van der Waals surface area contributed by atoms with E-state index in [0.717, 1.165) is 4.90 Å². The second-order valence-electron chi connectivity index (χ2n) is 4.57. The van der Waals surface area contributed by atoms with Crippen LogP contribution in [0.4, 0.5) is 5.69 Å². The number of primary amides is 1. The van der Waals surface area contributed by atoms with Crippen molar-refractivity contribution in [3.63, 3.8) is 0 Å². The maximum absolute atomic E-state index is 12.2. The molecule has 110 valence electrons. The van der Waals surface area contributed by atoms with Gasteiger partial charge in [0.1, 0.15) is 0 Å². The Hall–Kier alpha value is -1.53. The first-order valence-electron chi connectivity index (χ1n) is 6.53. The third kappa shape index (κ3) is 4.25. The molecule has 5 nitrogen and oxygen atoms in total. The fourth-order valence-electron chi connectivity index (χ4n) is 1.66. The predicted molar refractivity (Wildman–Crippen MR) is 82.5 cm³/mol. The first-order valence-corrected chi connectivity index (χ1v) is 7.52. The van der Waals surface area contributed by atoms with E-state index in [-0.39, 0.29) is 11.7 Å². The summed E-state index contributed by atoms with van der Waals surface area (Å²) in [5.74, 6) is -0.441. The van der Waals surface area contributed by atoms with Gasteiger partial charge in [0, 0.05) is 4.90 Å². The zero-order valence-corrected chi connectivity index (χ0v) is 12.6. The number of nitrogens with two attached hydrogens (primary N) is 2. The Morgan fingerprint density at radius 2 is 1.85 bits per heavy atom. The number of rotatable bonds is 7. The van der Waals surface area contributed by atoms with Gasteiger partial charge in [-0.2, -0.15) is 0 Å². The van der Waals surface area contributed by atoms with E-state index in [9.17, 15) is 9.59 Å². The molecule has 0 fully saturated rings. The standard InChI is InChI=1S/C14H21N3O2S/c1-3-14(16,4-2)13(19)17-10-7-5-6-8-11(10)20-9-12(15)18/h5-8H,3-4,9,16H2,1-2H3,(H2,15,18)(H,17,19). The number of nitrogens with one attached hydrogen (secondary N) is 1. The minimum Gasteiger partial charge on any atom is -0.369 e. The van der Waals surface area contributed by atoms with E-state index < -0.39 is 11.4 Å². The molecule has 0 aliphatic rings. The molecule has 0 spiro atoms. The predicted octanol–water partition coefficient (Wildman–Crippen LogP) is 1.72. The minimum atomic E-state index is -0.874. The summed E-state index contributed by atoms with van der Waals surface area (Å²) in [7, 11) is 0. The van der Waals surface area contributed by atoms with E-state index in [1.165, 1.54) is 11.8 Å². The van der Waals surface area contributed by atoms with Gasteiger partial charge in [-0.15, -0.1) is 11.8 Å². The molecule has 0 saturated carbocycles. The Labute approximate surface area is 123 Å². The van der Waals surface area contributed by atoms with E-state index in [0.29, 0.717) is 18.5 Å². The average Bonchev–Trinajstić information content (AvgIpc) is 2.45. The first-order chi connectivity index (χ1) is 9.42. The Bertz CT molecular complexity index is 487. The number of hydrogen-bond donors (Lipinski definition) is 3. The fraction of sp³-hybridized carbons (Fsp3) is 0.429. The van der Waals surface area contributed by atoms with Gasteiger partial charge in [-0.1, -0.05) is 26.0 Å². The van der Waals surface area contributed by atoms with Gasteiger partial charge in [-0.25, -0.2) is 0 Å². The van der Waals surface area contributed by atoms with E-state index in [4.69, 9.17) is 11.5 Å². The summed E-state index contributed by atoms with van der Waals surface area (Å²) >= 11 is 1.29. The number of thioether (sulfide) groups is 1. The van der Waals surface area contributed by atoms with Crippen molar-refractivity contribution in [2.24, 2.45) is 11.5 Å². The minimum absolute atomic E-state index is 0.169. The van der Waals surface area contributed by atoms with Crippen molar-refractivity contribution in [3.8, 4) is 0 Å². The monoisotopic (exact) mass is 295 g/mol. The lowest BCUT2D eigenvalue weighted by Crippen LogP contribution is -2.50. The number of anilines is 1.